The van der Waals surface area contributed by atoms with Crippen LogP contribution in [0.3, 0.4) is 0 Å². The number of hydrogen-bond acceptors (Lipinski definition) is 3. The number of halogens is 1. The maximum Gasteiger partial charge on any atom is 0.264 e. The second-order valence-corrected chi connectivity index (χ2v) is 8.72. The van der Waals surface area contributed by atoms with Gasteiger partial charge < -0.3 is 5.32 Å². The van der Waals surface area contributed by atoms with Crippen LogP contribution in [0.15, 0.2) is 71.6 Å². The lowest BCUT2D eigenvalue weighted by Gasteiger charge is -2.22. The third-order valence-electron chi connectivity index (χ3n) is 4.59. The van der Waals surface area contributed by atoms with Crippen LogP contribution in [0.4, 0.5) is 15.8 Å². The van der Waals surface area contributed by atoms with Gasteiger partial charge in [-0.05, 0) is 67.9 Å². The SMILES string of the molecule is Cc1ccc(S(=O)(=O)N(C)c2cc(C(=O)Nc3ccc(F)cc3)ccc2C)cc1. The number of amides is 1. The van der Waals surface area contributed by atoms with E-state index in [1.165, 1.54) is 41.7 Å². The van der Waals surface area contributed by atoms with Crippen molar-refractivity contribution in [2.45, 2.75) is 18.7 Å². The number of rotatable bonds is 5. The molecule has 3 rings (SSSR count). The highest BCUT2D eigenvalue weighted by Gasteiger charge is 2.23. The second kappa shape index (κ2) is 8.05. The van der Waals surface area contributed by atoms with Crippen LogP contribution in [0.2, 0.25) is 0 Å². The topological polar surface area (TPSA) is 66.5 Å². The average molecular weight is 412 g/mol. The fourth-order valence-corrected chi connectivity index (χ4v) is 4.08. The normalized spacial score (nSPS) is 11.2. The van der Waals surface area contributed by atoms with E-state index >= 15 is 0 Å². The fourth-order valence-electron chi connectivity index (χ4n) is 2.82. The third kappa shape index (κ3) is 4.46. The summed E-state index contributed by atoms with van der Waals surface area (Å²) in [5.74, 6) is -0.817. The Labute approximate surface area is 169 Å². The van der Waals surface area contributed by atoms with E-state index in [9.17, 15) is 17.6 Å². The molecule has 1 N–H and O–H groups in total. The average Bonchev–Trinajstić information content (AvgIpc) is 2.70. The molecule has 29 heavy (non-hydrogen) atoms. The first-order valence-corrected chi connectivity index (χ1v) is 10.4. The third-order valence-corrected chi connectivity index (χ3v) is 6.38. The van der Waals surface area contributed by atoms with Gasteiger partial charge in [0.15, 0.2) is 0 Å². The summed E-state index contributed by atoms with van der Waals surface area (Å²) in [6, 6.07) is 16.8. The van der Waals surface area contributed by atoms with Gasteiger partial charge in [-0.15, -0.1) is 0 Å². The van der Waals surface area contributed by atoms with E-state index in [1.807, 2.05) is 6.92 Å². The first-order chi connectivity index (χ1) is 13.7. The Bertz CT molecular complexity index is 1140. The van der Waals surface area contributed by atoms with E-state index in [4.69, 9.17) is 0 Å². The van der Waals surface area contributed by atoms with Crippen LogP contribution in [0.5, 0.6) is 0 Å². The van der Waals surface area contributed by atoms with Gasteiger partial charge in [0.25, 0.3) is 15.9 Å². The highest BCUT2D eigenvalue weighted by Crippen LogP contribution is 2.27. The molecule has 0 saturated carbocycles. The molecule has 7 heteroatoms. The van der Waals surface area contributed by atoms with Crippen molar-refractivity contribution in [3.8, 4) is 0 Å². The molecule has 0 atom stereocenters. The summed E-state index contributed by atoms with van der Waals surface area (Å²) >= 11 is 0. The molecule has 0 unspecified atom stereocenters. The van der Waals surface area contributed by atoms with E-state index in [0.717, 1.165) is 5.56 Å². The minimum absolute atomic E-state index is 0.172. The summed E-state index contributed by atoms with van der Waals surface area (Å²) in [5, 5.41) is 2.67. The molecule has 5 nitrogen and oxygen atoms in total. The molecule has 0 aromatic heterocycles. The predicted molar refractivity (Wildman–Crippen MR) is 112 cm³/mol. The summed E-state index contributed by atoms with van der Waals surface area (Å²) in [6.07, 6.45) is 0. The van der Waals surface area contributed by atoms with Gasteiger partial charge in [0.1, 0.15) is 5.82 Å². The molecule has 0 aliphatic heterocycles. The van der Waals surface area contributed by atoms with Crippen LogP contribution >= 0.6 is 0 Å². The van der Waals surface area contributed by atoms with Crippen LogP contribution < -0.4 is 9.62 Å². The quantitative estimate of drug-likeness (QED) is 0.670. The lowest BCUT2D eigenvalue weighted by Crippen LogP contribution is -2.27. The monoisotopic (exact) mass is 412 g/mol. The molecule has 1 amide bonds. The van der Waals surface area contributed by atoms with Crippen LogP contribution in [-0.4, -0.2) is 21.4 Å². The summed E-state index contributed by atoms with van der Waals surface area (Å²) in [6.45, 7) is 3.66. The van der Waals surface area contributed by atoms with Crippen LogP contribution in [0, 0.1) is 19.7 Å². The molecular formula is C22H21FN2O3S. The zero-order valence-electron chi connectivity index (χ0n) is 16.3. The molecule has 0 heterocycles. The smallest absolute Gasteiger partial charge is 0.264 e. The summed E-state index contributed by atoms with van der Waals surface area (Å²) < 4.78 is 40.2. The number of carbonyl (C=O) groups is 1. The molecular weight excluding hydrogens is 391 g/mol. The molecule has 3 aromatic rings. The molecule has 0 saturated heterocycles. The number of aryl methyl sites for hydroxylation is 2. The number of benzene rings is 3. The van der Waals surface area contributed by atoms with Crippen molar-refractivity contribution in [1.29, 1.82) is 0 Å². The maximum absolute atomic E-state index is 13.0. The van der Waals surface area contributed by atoms with Gasteiger partial charge in [-0.25, -0.2) is 12.8 Å². The fraction of sp³-hybridized carbons (Fsp3) is 0.136. The summed E-state index contributed by atoms with van der Waals surface area (Å²) in [4.78, 5) is 12.7. The van der Waals surface area contributed by atoms with Gasteiger partial charge in [-0.2, -0.15) is 0 Å². The van der Waals surface area contributed by atoms with E-state index in [-0.39, 0.29) is 4.90 Å². The Kier molecular flexibility index (Phi) is 5.70. The minimum Gasteiger partial charge on any atom is -0.322 e. The number of nitrogens with one attached hydrogen (secondary N) is 1. The molecule has 0 aliphatic rings. The highest BCUT2D eigenvalue weighted by atomic mass is 32.2. The van der Waals surface area contributed by atoms with Crippen LogP contribution in [-0.2, 0) is 10.0 Å². The molecule has 0 aliphatic carbocycles. The highest BCUT2D eigenvalue weighted by molar-refractivity contribution is 7.92. The molecule has 3 aromatic carbocycles. The Balaban J connectivity index is 1.90. The van der Waals surface area contributed by atoms with Crippen molar-refractivity contribution in [1.82, 2.24) is 0 Å². The van der Waals surface area contributed by atoms with Crippen LogP contribution in [0.25, 0.3) is 0 Å². The maximum atomic E-state index is 13.0. The van der Waals surface area contributed by atoms with Crippen molar-refractivity contribution in [3.05, 3.63) is 89.2 Å². The molecule has 0 fully saturated rings. The second-order valence-electron chi connectivity index (χ2n) is 6.75. The zero-order valence-corrected chi connectivity index (χ0v) is 17.1. The van der Waals surface area contributed by atoms with E-state index < -0.39 is 21.7 Å². The largest absolute Gasteiger partial charge is 0.322 e. The predicted octanol–water partition coefficient (Wildman–Crippen LogP) is 4.52. The molecule has 150 valence electrons. The van der Waals surface area contributed by atoms with Gasteiger partial charge in [-0.3, -0.25) is 9.10 Å². The Morgan fingerprint density at radius 2 is 1.55 bits per heavy atom. The number of hydrogen-bond donors (Lipinski definition) is 1. The van der Waals surface area contributed by atoms with E-state index in [2.05, 4.69) is 5.32 Å². The lowest BCUT2D eigenvalue weighted by molar-refractivity contribution is 0.102. The Morgan fingerprint density at radius 1 is 0.931 bits per heavy atom. The van der Waals surface area contributed by atoms with Crippen molar-refractivity contribution in [2.24, 2.45) is 0 Å². The number of anilines is 2. The van der Waals surface area contributed by atoms with E-state index in [1.54, 1.807) is 43.3 Å². The minimum atomic E-state index is -3.78. The Morgan fingerprint density at radius 3 is 2.17 bits per heavy atom. The van der Waals surface area contributed by atoms with E-state index in [0.29, 0.717) is 22.5 Å². The van der Waals surface area contributed by atoms with Crippen molar-refractivity contribution >= 4 is 27.3 Å². The Hall–Kier alpha value is -3.19. The van der Waals surface area contributed by atoms with Gasteiger partial charge in [-0.1, -0.05) is 23.8 Å². The standard InChI is InChI=1S/C22H21FN2O3S/c1-15-4-12-20(13-5-15)29(27,28)25(3)21-14-17(7-6-16(21)2)22(26)24-19-10-8-18(23)9-11-19/h4-14H,1-3H3,(H,24,26). The van der Waals surface area contributed by atoms with Gasteiger partial charge in [0.2, 0.25) is 0 Å². The van der Waals surface area contributed by atoms with Gasteiger partial charge in [0.05, 0.1) is 10.6 Å². The van der Waals surface area contributed by atoms with Crippen molar-refractivity contribution in [2.75, 3.05) is 16.7 Å². The summed E-state index contributed by atoms with van der Waals surface area (Å²) in [7, 11) is -2.32. The first kappa shape index (κ1) is 20.5. The van der Waals surface area contributed by atoms with Gasteiger partial charge in [0, 0.05) is 18.3 Å². The first-order valence-electron chi connectivity index (χ1n) is 8.91. The summed E-state index contributed by atoms with van der Waals surface area (Å²) in [5.41, 5.74) is 2.81. The number of nitrogens with zero attached hydrogens (tertiary/aromatic N) is 1. The molecule has 0 spiro atoms. The van der Waals surface area contributed by atoms with Gasteiger partial charge >= 0.3 is 0 Å². The zero-order chi connectivity index (χ0) is 21.2. The number of carbonyl (C=O) groups excluding carboxylic acids is 1. The van der Waals surface area contributed by atoms with Crippen LogP contribution in [0.1, 0.15) is 21.5 Å². The van der Waals surface area contributed by atoms with Crippen molar-refractivity contribution in [3.63, 3.8) is 0 Å². The molecule has 0 bridgehead atoms. The lowest BCUT2D eigenvalue weighted by atomic mass is 10.1. The molecule has 0 radical (unpaired) electrons. The van der Waals surface area contributed by atoms with Crippen molar-refractivity contribution < 1.29 is 17.6 Å². The number of sulfonamides is 1.